The van der Waals surface area contributed by atoms with Gasteiger partial charge in [-0.1, -0.05) is 59.2 Å². The molecular formula is C23H22Cl2N2O3S. The molecule has 2 aliphatic heterocycles. The first kappa shape index (κ1) is 22.2. The summed E-state index contributed by atoms with van der Waals surface area (Å²) >= 11 is 13.8. The van der Waals surface area contributed by atoms with Gasteiger partial charge in [0.1, 0.15) is 0 Å². The molecule has 2 aromatic carbocycles. The third-order valence-electron chi connectivity index (χ3n) is 5.57. The number of carbonyl (C=O) groups is 2. The normalized spacial score (nSPS) is 21.2. The molecule has 162 valence electrons. The summed E-state index contributed by atoms with van der Waals surface area (Å²) < 4.78 is 0. The van der Waals surface area contributed by atoms with Crippen LogP contribution in [0.15, 0.2) is 54.1 Å². The molecule has 0 aromatic heterocycles. The molecule has 2 unspecified atom stereocenters. The maximum absolute atomic E-state index is 13.5. The van der Waals surface area contributed by atoms with Gasteiger partial charge in [0.25, 0.3) is 0 Å². The third kappa shape index (κ3) is 4.35. The van der Waals surface area contributed by atoms with Crippen LogP contribution in [0.1, 0.15) is 17.5 Å². The molecule has 4 rings (SSSR count). The standard InChI is InChI=1S/C23H22Cl2N2O3S/c1-26-22-19(21(29)27(23(26)30)10-3-11-28)18(12-14-6-8-16(24)9-7-14)20(31-22)15-4-2-5-17(25)13-15/h2,4-9,13,19,22,28H,3,10-12H2,1H3. The molecule has 2 aromatic rings. The molecule has 0 spiro atoms. The van der Waals surface area contributed by atoms with Gasteiger partial charge in [-0.2, -0.15) is 0 Å². The van der Waals surface area contributed by atoms with Crippen molar-refractivity contribution in [2.45, 2.75) is 18.2 Å². The third-order valence-corrected chi connectivity index (χ3v) is 7.62. The number of amides is 3. The van der Waals surface area contributed by atoms with Crippen LogP contribution in [0.3, 0.4) is 0 Å². The number of halogens is 2. The Hall–Kier alpha value is -1.99. The van der Waals surface area contributed by atoms with Gasteiger partial charge < -0.3 is 10.0 Å². The number of hydrogen-bond donors (Lipinski definition) is 1. The SMILES string of the molecule is CN1C(=O)N(CCCO)C(=O)C2C(Cc3ccc(Cl)cc3)=C(c3cccc(Cl)c3)SC21. The van der Waals surface area contributed by atoms with Crippen molar-refractivity contribution in [1.82, 2.24) is 9.80 Å². The Morgan fingerprint density at radius 3 is 2.48 bits per heavy atom. The molecule has 0 bridgehead atoms. The number of aliphatic hydroxyl groups excluding tert-OH is 1. The molecule has 2 atom stereocenters. The van der Waals surface area contributed by atoms with Gasteiger partial charge in [-0.3, -0.25) is 9.69 Å². The van der Waals surface area contributed by atoms with Crippen LogP contribution in [-0.4, -0.2) is 52.4 Å². The lowest BCUT2D eigenvalue weighted by Crippen LogP contribution is -2.59. The van der Waals surface area contributed by atoms with Crippen molar-refractivity contribution in [3.63, 3.8) is 0 Å². The molecule has 31 heavy (non-hydrogen) atoms. The molecule has 0 radical (unpaired) electrons. The second kappa shape index (κ2) is 9.25. The Balaban J connectivity index is 1.78. The van der Waals surface area contributed by atoms with Crippen molar-refractivity contribution in [3.8, 4) is 0 Å². The van der Waals surface area contributed by atoms with E-state index >= 15 is 0 Å². The Bertz CT molecular complexity index is 1040. The first-order valence-corrected chi connectivity index (χ1v) is 11.6. The summed E-state index contributed by atoms with van der Waals surface area (Å²) in [7, 11) is 1.73. The summed E-state index contributed by atoms with van der Waals surface area (Å²) in [4.78, 5) is 30.2. The minimum Gasteiger partial charge on any atom is -0.396 e. The molecule has 2 heterocycles. The van der Waals surface area contributed by atoms with Crippen LogP contribution >= 0.6 is 35.0 Å². The van der Waals surface area contributed by atoms with Crippen molar-refractivity contribution >= 4 is 51.8 Å². The highest BCUT2D eigenvalue weighted by atomic mass is 35.5. The van der Waals surface area contributed by atoms with Gasteiger partial charge in [0, 0.05) is 35.1 Å². The van der Waals surface area contributed by atoms with Crippen LogP contribution < -0.4 is 0 Å². The highest BCUT2D eigenvalue weighted by Gasteiger charge is 2.51. The number of hydrogen-bond acceptors (Lipinski definition) is 4. The van der Waals surface area contributed by atoms with E-state index in [1.165, 1.54) is 16.7 Å². The quantitative estimate of drug-likeness (QED) is 0.642. The predicted molar refractivity (Wildman–Crippen MR) is 125 cm³/mol. The lowest BCUT2D eigenvalue weighted by molar-refractivity contribution is -0.135. The van der Waals surface area contributed by atoms with E-state index < -0.39 is 5.92 Å². The number of fused-ring (bicyclic) bond motifs is 1. The maximum Gasteiger partial charge on any atom is 0.327 e. The zero-order valence-electron chi connectivity index (χ0n) is 16.9. The summed E-state index contributed by atoms with van der Waals surface area (Å²) in [6.07, 6.45) is 0.919. The monoisotopic (exact) mass is 476 g/mol. The van der Waals surface area contributed by atoms with E-state index in [0.29, 0.717) is 22.9 Å². The van der Waals surface area contributed by atoms with Crippen LogP contribution in [0.25, 0.3) is 4.91 Å². The van der Waals surface area contributed by atoms with Gasteiger partial charge in [0.05, 0.1) is 11.3 Å². The van der Waals surface area contributed by atoms with Gasteiger partial charge in [0.15, 0.2) is 0 Å². The van der Waals surface area contributed by atoms with Gasteiger partial charge >= 0.3 is 6.03 Å². The number of benzene rings is 2. The number of imide groups is 1. The van der Waals surface area contributed by atoms with E-state index in [9.17, 15) is 14.7 Å². The zero-order chi connectivity index (χ0) is 22.1. The number of urea groups is 1. The lowest BCUT2D eigenvalue weighted by Gasteiger charge is -2.40. The van der Waals surface area contributed by atoms with Crippen molar-refractivity contribution in [2.75, 3.05) is 20.2 Å². The molecule has 2 aliphatic rings. The summed E-state index contributed by atoms with van der Waals surface area (Å²) in [5.74, 6) is -0.675. The number of rotatable bonds is 6. The Labute approximate surface area is 195 Å². The Kier molecular flexibility index (Phi) is 6.63. The van der Waals surface area contributed by atoms with E-state index in [2.05, 4.69) is 0 Å². The van der Waals surface area contributed by atoms with E-state index in [1.807, 2.05) is 48.5 Å². The van der Waals surface area contributed by atoms with Gasteiger partial charge in [0.2, 0.25) is 5.91 Å². The van der Waals surface area contributed by atoms with Crippen molar-refractivity contribution < 1.29 is 14.7 Å². The largest absolute Gasteiger partial charge is 0.396 e. The Morgan fingerprint density at radius 1 is 1.06 bits per heavy atom. The van der Waals surface area contributed by atoms with Crippen LogP contribution in [0.5, 0.6) is 0 Å². The van der Waals surface area contributed by atoms with E-state index in [0.717, 1.165) is 21.6 Å². The molecule has 8 heteroatoms. The van der Waals surface area contributed by atoms with E-state index in [4.69, 9.17) is 23.2 Å². The number of nitrogens with zero attached hydrogens (tertiary/aromatic N) is 2. The van der Waals surface area contributed by atoms with E-state index in [-0.39, 0.29) is 30.5 Å². The molecule has 5 nitrogen and oxygen atoms in total. The first-order valence-electron chi connectivity index (χ1n) is 10.00. The zero-order valence-corrected chi connectivity index (χ0v) is 19.3. The average molecular weight is 477 g/mol. The molecule has 1 saturated heterocycles. The van der Waals surface area contributed by atoms with Gasteiger partial charge in [-0.05, 0) is 53.8 Å². The molecule has 1 fully saturated rings. The smallest absolute Gasteiger partial charge is 0.327 e. The highest BCUT2D eigenvalue weighted by Crippen LogP contribution is 2.52. The fraction of sp³-hybridized carbons (Fsp3) is 0.304. The van der Waals surface area contributed by atoms with Crippen LogP contribution in [0.4, 0.5) is 4.79 Å². The number of carbonyl (C=O) groups excluding carboxylic acids is 2. The van der Waals surface area contributed by atoms with Crippen molar-refractivity contribution in [1.29, 1.82) is 0 Å². The number of aliphatic hydroxyl groups is 1. The first-order chi connectivity index (χ1) is 14.9. The summed E-state index contributed by atoms with van der Waals surface area (Å²) in [6, 6.07) is 14.8. The van der Waals surface area contributed by atoms with Crippen LogP contribution in [0, 0.1) is 5.92 Å². The average Bonchev–Trinajstić information content (AvgIpc) is 3.13. The van der Waals surface area contributed by atoms with Gasteiger partial charge in [-0.25, -0.2) is 4.79 Å². The minimum atomic E-state index is -0.462. The van der Waals surface area contributed by atoms with Gasteiger partial charge in [-0.15, -0.1) is 0 Å². The second-order valence-corrected chi connectivity index (χ2v) is 9.61. The molecule has 1 N–H and O–H groups in total. The molecule has 0 aliphatic carbocycles. The number of thioether (sulfide) groups is 1. The molecular weight excluding hydrogens is 455 g/mol. The fourth-order valence-electron chi connectivity index (χ4n) is 4.04. The minimum absolute atomic E-state index is 0.0785. The summed E-state index contributed by atoms with van der Waals surface area (Å²) in [5.41, 5.74) is 2.94. The van der Waals surface area contributed by atoms with Crippen LogP contribution in [-0.2, 0) is 11.2 Å². The summed E-state index contributed by atoms with van der Waals surface area (Å²) in [5, 5.41) is 10.2. The van der Waals surface area contributed by atoms with E-state index in [1.54, 1.807) is 11.9 Å². The van der Waals surface area contributed by atoms with Crippen molar-refractivity contribution in [2.24, 2.45) is 5.92 Å². The summed E-state index contributed by atoms with van der Waals surface area (Å²) in [6.45, 7) is 0.123. The second-order valence-electron chi connectivity index (χ2n) is 7.61. The fourth-order valence-corrected chi connectivity index (χ4v) is 5.88. The Morgan fingerprint density at radius 2 is 1.81 bits per heavy atom. The van der Waals surface area contributed by atoms with Crippen molar-refractivity contribution in [3.05, 3.63) is 75.3 Å². The molecule has 3 amide bonds. The maximum atomic E-state index is 13.5. The lowest BCUT2D eigenvalue weighted by atomic mass is 9.88. The molecule has 0 saturated carbocycles. The van der Waals surface area contributed by atoms with Crippen LogP contribution in [0.2, 0.25) is 10.0 Å². The predicted octanol–water partition coefficient (Wildman–Crippen LogP) is 4.91. The topological polar surface area (TPSA) is 60.9 Å². The highest BCUT2D eigenvalue weighted by molar-refractivity contribution is 8.09.